The monoisotopic (exact) mass is 472 g/mol. The van der Waals surface area contributed by atoms with Crippen LogP contribution in [0.3, 0.4) is 0 Å². The molecule has 0 saturated heterocycles. The highest BCUT2D eigenvalue weighted by molar-refractivity contribution is 7.10. The molecule has 0 fully saturated rings. The van der Waals surface area contributed by atoms with Gasteiger partial charge in [-0.15, -0.1) is 11.3 Å². The van der Waals surface area contributed by atoms with E-state index in [4.69, 9.17) is 4.74 Å². The fourth-order valence-electron chi connectivity index (χ4n) is 4.55. The molecule has 1 N–H and O–H groups in total. The molecule has 1 aliphatic rings. The molecule has 2 heterocycles. The van der Waals surface area contributed by atoms with Crippen LogP contribution in [0.5, 0.6) is 5.75 Å². The second kappa shape index (κ2) is 12.5. The van der Waals surface area contributed by atoms with Gasteiger partial charge < -0.3 is 14.7 Å². The first-order valence-electron chi connectivity index (χ1n) is 12.4. The summed E-state index contributed by atoms with van der Waals surface area (Å²) >= 11 is 1.77. The first-order chi connectivity index (χ1) is 15.9. The lowest BCUT2D eigenvalue weighted by molar-refractivity contribution is -0.136. The second-order valence-electron chi connectivity index (χ2n) is 9.36. The van der Waals surface area contributed by atoms with Crippen molar-refractivity contribution in [1.29, 1.82) is 0 Å². The number of carbonyl (C=O) groups is 1. The van der Waals surface area contributed by atoms with E-state index in [-0.39, 0.29) is 18.1 Å². The highest BCUT2D eigenvalue weighted by Gasteiger charge is 2.33. The van der Waals surface area contributed by atoms with Crippen molar-refractivity contribution in [3.63, 3.8) is 0 Å². The number of benzene rings is 1. The molecule has 3 rings (SSSR count). The molecule has 2 aromatic rings. The van der Waals surface area contributed by atoms with Gasteiger partial charge in [0, 0.05) is 18.0 Å². The minimum Gasteiger partial charge on any atom is -0.491 e. The van der Waals surface area contributed by atoms with E-state index in [9.17, 15) is 9.90 Å². The van der Waals surface area contributed by atoms with E-state index in [1.807, 2.05) is 17.0 Å². The molecular weight excluding hydrogens is 432 g/mol. The molecule has 33 heavy (non-hydrogen) atoms. The largest absolute Gasteiger partial charge is 0.491 e. The van der Waals surface area contributed by atoms with Gasteiger partial charge in [0.2, 0.25) is 5.91 Å². The number of ether oxygens (including phenoxy) is 1. The van der Waals surface area contributed by atoms with Gasteiger partial charge in [0.1, 0.15) is 12.4 Å². The van der Waals surface area contributed by atoms with Gasteiger partial charge in [-0.2, -0.15) is 0 Å². The van der Waals surface area contributed by atoms with Crippen LogP contribution in [-0.2, 0) is 11.2 Å². The average Bonchev–Trinajstić information content (AvgIpc) is 3.27. The Morgan fingerprint density at radius 3 is 2.64 bits per heavy atom. The predicted molar refractivity (Wildman–Crippen MR) is 136 cm³/mol. The molecule has 0 spiro atoms. The van der Waals surface area contributed by atoms with Gasteiger partial charge in [0.25, 0.3) is 0 Å². The minimum atomic E-state index is -0.382. The summed E-state index contributed by atoms with van der Waals surface area (Å²) in [6, 6.07) is 10.3. The summed E-state index contributed by atoms with van der Waals surface area (Å²) in [7, 11) is 0. The summed E-state index contributed by atoms with van der Waals surface area (Å²) in [5.74, 6) is 1.44. The number of aliphatic hydroxyl groups excluding tert-OH is 1. The highest BCUT2D eigenvalue weighted by atomic mass is 32.1. The van der Waals surface area contributed by atoms with Crippen molar-refractivity contribution in [3.05, 3.63) is 51.7 Å². The van der Waals surface area contributed by atoms with E-state index in [0.717, 1.165) is 38.0 Å². The van der Waals surface area contributed by atoms with E-state index >= 15 is 0 Å². The Kier molecular flexibility index (Phi) is 9.78. The molecule has 2 atom stereocenters. The quantitative estimate of drug-likeness (QED) is 0.458. The molecule has 0 saturated carbocycles. The van der Waals surface area contributed by atoms with E-state index in [1.54, 1.807) is 11.3 Å². The van der Waals surface area contributed by atoms with Gasteiger partial charge >= 0.3 is 0 Å². The molecule has 1 amide bonds. The number of hydrogen-bond donors (Lipinski definition) is 1. The molecule has 1 aromatic carbocycles. The zero-order valence-corrected chi connectivity index (χ0v) is 21.4. The second-order valence-corrected chi connectivity index (χ2v) is 10.4. The maximum Gasteiger partial charge on any atom is 0.237 e. The Morgan fingerprint density at radius 2 is 1.97 bits per heavy atom. The van der Waals surface area contributed by atoms with Gasteiger partial charge in [-0.1, -0.05) is 46.2 Å². The first kappa shape index (κ1) is 25.7. The molecule has 5 nitrogen and oxygen atoms in total. The topological polar surface area (TPSA) is 53.0 Å². The standard InChI is InChI=1S/C27H40N2O3S/c1-5-7-22(30)17-28(14-6-2)18-27(31)29-15-12-26-24(13-16-33-26)25(29)19-32-23-10-8-21(9-11-23)20(3)4/h8-11,13,16,20,22,25,30H,5-7,12,14-15,17-19H2,1-4H3/t22-,25+/m0/s1. The van der Waals surface area contributed by atoms with Gasteiger partial charge in [0.05, 0.1) is 18.7 Å². The molecular formula is C27H40N2O3S. The third kappa shape index (κ3) is 7.05. The smallest absolute Gasteiger partial charge is 0.237 e. The summed E-state index contributed by atoms with van der Waals surface area (Å²) in [6.45, 7) is 11.4. The summed E-state index contributed by atoms with van der Waals surface area (Å²) in [5.41, 5.74) is 2.50. The Bertz CT molecular complexity index is 865. The summed E-state index contributed by atoms with van der Waals surface area (Å²) in [4.78, 5) is 18.9. The van der Waals surface area contributed by atoms with Crippen LogP contribution in [0.15, 0.2) is 35.7 Å². The lowest BCUT2D eigenvalue weighted by Crippen LogP contribution is -2.47. The Labute approximate surface area is 203 Å². The van der Waals surface area contributed by atoms with Gasteiger partial charge in [-0.3, -0.25) is 9.69 Å². The minimum absolute atomic E-state index is 0.0821. The summed E-state index contributed by atoms with van der Waals surface area (Å²) in [5, 5.41) is 12.4. The number of rotatable bonds is 12. The lowest BCUT2D eigenvalue weighted by atomic mass is 10.00. The van der Waals surface area contributed by atoms with E-state index < -0.39 is 0 Å². The van der Waals surface area contributed by atoms with Gasteiger partial charge in [-0.05, 0) is 66.4 Å². The number of thiophene rings is 1. The van der Waals surface area contributed by atoms with Crippen molar-refractivity contribution in [1.82, 2.24) is 9.80 Å². The lowest BCUT2D eigenvalue weighted by Gasteiger charge is -2.37. The summed E-state index contributed by atoms with van der Waals surface area (Å²) in [6.07, 6.45) is 3.18. The number of carbonyl (C=O) groups excluding carboxylic acids is 1. The van der Waals surface area contributed by atoms with Crippen molar-refractivity contribution in [2.24, 2.45) is 0 Å². The third-order valence-electron chi connectivity index (χ3n) is 6.36. The number of aliphatic hydroxyl groups is 1. The Morgan fingerprint density at radius 1 is 1.21 bits per heavy atom. The number of fused-ring (bicyclic) bond motifs is 1. The summed E-state index contributed by atoms with van der Waals surface area (Å²) < 4.78 is 6.19. The van der Waals surface area contributed by atoms with Crippen molar-refractivity contribution in [2.75, 3.05) is 32.8 Å². The zero-order valence-electron chi connectivity index (χ0n) is 20.6. The van der Waals surface area contributed by atoms with Crippen molar-refractivity contribution in [3.8, 4) is 5.75 Å². The maximum absolute atomic E-state index is 13.4. The molecule has 0 unspecified atom stereocenters. The van der Waals surface area contributed by atoms with E-state index in [2.05, 4.69) is 56.2 Å². The SMILES string of the molecule is CCC[C@H](O)CN(CCC)CC(=O)N1CCc2sccc2[C@H]1COc1ccc(C(C)C)cc1. The van der Waals surface area contributed by atoms with Crippen LogP contribution in [0.25, 0.3) is 0 Å². The Balaban J connectivity index is 1.70. The van der Waals surface area contributed by atoms with Crippen LogP contribution in [0.4, 0.5) is 0 Å². The molecule has 1 aromatic heterocycles. The van der Waals surface area contributed by atoms with E-state index in [0.29, 0.717) is 32.2 Å². The highest BCUT2D eigenvalue weighted by Crippen LogP contribution is 2.34. The Hall–Kier alpha value is -1.89. The number of nitrogens with zero attached hydrogens (tertiary/aromatic N) is 2. The van der Waals surface area contributed by atoms with Crippen LogP contribution in [0.1, 0.15) is 74.9 Å². The molecule has 6 heteroatoms. The molecule has 0 aliphatic carbocycles. The average molecular weight is 473 g/mol. The van der Waals surface area contributed by atoms with Crippen LogP contribution in [0, 0.1) is 0 Å². The van der Waals surface area contributed by atoms with Gasteiger partial charge in [0.15, 0.2) is 0 Å². The fraction of sp³-hybridized carbons (Fsp3) is 0.593. The molecule has 1 aliphatic heterocycles. The molecule has 182 valence electrons. The predicted octanol–water partition coefficient (Wildman–Crippen LogP) is 5.25. The van der Waals surface area contributed by atoms with E-state index in [1.165, 1.54) is 16.0 Å². The van der Waals surface area contributed by atoms with Crippen LogP contribution < -0.4 is 4.74 Å². The van der Waals surface area contributed by atoms with Crippen LogP contribution in [0.2, 0.25) is 0 Å². The first-order valence-corrected chi connectivity index (χ1v) is 13.3. The maximum atomic E-state index is 13.4. The van der Waals surface area contributed by atoms with Crippen molar-refractivity contribution < 1.29 is 14.6 Å². The number of amides is 1. The van der Waals surface area contributed by atoms with Gasteiger partial charge in [-0.25, -0.2) is 0 Å². The van der Waals surface area contributed by atoms with Crippen molar-refractivity contribution in [2.45, 2.75) is 71.4 Å². The molecule has 0 bridgehead atoms. The third-order valence-corrected chi connectivity index (χ3v) is 7.36. The van der Waals surface area contributed by atoms with Crippen LogP contribution >= 0.6 is 11.3 Å². The van der Waals surface area contributed by atoms with Crippen LogP contribution in [-0.4, -0.2) is 59.7 Å². The fourth-order valence-corrected chi connectivity index (χ4v) is 5.48. The molecule has 0 radical (unpaired) electrons. The normalized spacial score (nSPS) is 16.8. The zero-order chi connectivity index (χ0) is 23.8. The van der Waals surface area contributed by atoms with Crippen molar-refractivity contribution >= 4 is 17.2 Å². The number of hydrogen-bond acceptors (Lipinski definition) is 5.